The largest absolute Gasteiger partial charge is 0.143 e. The lowest BCUT2D eigenvalue weighted by molar-refractivity contribution is 0.667. The van der Waals surface area contributed by atoms with Crippen molar-refractivity contribution >= 4 is 12.6 Å². The van der Waals surface area contributed by atoms with Crippen LogP contribution in [-0.4, -0.2) is 0 Å². The standard InChI is InChI=1S/C20H22S/c1-2-3-4-5-6-17-7-9-18(10-8-17)11-12-19-13-15-20(21)16-14-19/h7-10,13-16,21H,2-6H2,1H3. The van der Waals surface area contributed by atoms with Gasteiger partial charge in [-0.15, -0.1) is 12.6 Å². The molecule has 0 atom stereocenters. The molecule has 1 heteroatoms. The van der Waals surface area contributed by atoms with Crippen molar-refractivity contribution in [2.75, 3.05) is 0 Å². The highest BCUT2D eigenvalue weighted by Crippen LogP contribution is 2.10. The summed E-state index contributed by atoms with van der Waals surface area (Å²) in [4.78, 5) is 0.966. The van der Waals surface area contributed by atoms with Gasteiger partial charge in [0, 0.05) is 16.0 Å². The molecule has 0 saturated carbocycles. The highest BCUT2D eigenvalue weighted by molar-refractivity contribution is 7.80. The zero-order chi connectivity index (χ0) is 14.9. The van der Waals surface area contributed by atoms with Gasteiger partial charge >= 0.3 is 0 Å². The van der Waals surface area contributed by atoms with E-state index in [9.17, 15) is 0 Å². The Bertz CT molecular complexity index is 597. The second-order valence-electron chi connectivity index (χ2n) is 5.30. The summed E-state index contributed by atoms with van der Waals surface area (Å²) >= 11 is 4.27. The Labute approximate surface area is 134 Å². The SMILES string of the molecule is CCCCCCc1ccc(C#Cc2ccc(S)cc2)cc1. The van der Waals surface area contributed by atoms with E-state index in [0.29, 0.717) is 0 Å². The highest BCUT2D eigenvalue weighted by atomic mass is 32.1. The quantitative estimate of drug-likeness (QED) is 0.420. The topological polar surface area (TPSA) is 0 Å². The van der Waals surface area contributed by atoms with Gasteiger partial charge in [0.15, 0.2) is 0 Å². The molecule has 0 saturated heterocycles. The van der Waals surface area contributed by atoms with Gasteiger partial charge in [0.25, 0.3) is 0 Å². The number of rotatable bonds is 5. The van der Waals surface area contributed by atoms with Crippen LogP contribution in [0, 0.1) is 11.8 Å². The third-order valence-electron chi connectivity index (χ3n) is 3.49. The molecule has 0 fully saturated rings. The maximum absolute atomic E-state index is 4.27. The fourth-order valence-corrected chi connectivity index (χ4v) is 2.35. The summed E-state index contributed by atoms with van der Waals surface area (Å²) in [6.07, 6.45) is 6.43. The number of hydrogen-bond acceptors (Lipinski definition) is 1. The monoisotopic (exact) mass is 294 g/mol. The average Bonchev–Trinajstić information content (AvgIpc) is 2.52. The Morgan fingerprint density at radius 2 is 1.33 bits per heavy atom. The van der Waals surface area contributed by atoms with Gasteiger partial charge in [-0.1, -0.05) is 50.2 Å². The lowest BCUT2D eigenvalue weighted by Gasteiger charge is -2.01. The summed E-state index contributed by atoms with van der Waals surface area (Å²) in [5.41, 5.74) is 3.51. The molecule has 0 heterocycles. The van der Waals surface area contributed by atoms with E-state index in [4.69, 9.17) is 0 Å². The molecule has 0 spiro atoms. The van der Waals surface area contributed by atoms with E-state index < -0.39 is 0 Å². The van der Waals surface area contributed by atoms with Crippen LogP contribution in [0.3, 0.4) is 0 Å². The van der Waals surface area contributed by atoms with Crippen LogP contribution in [0.25, 0.3) is 0 Å². The van der Waals surface area contributed by atoms with Crippen molar-refractivity contribution in [2.45, 2.75) is 43.9 Å². The zero-order valence-electron chi connectivity index (χ0n) is 12.6. The van der Waals surface area contributed by atoms with Gasteiger partial charge in [0.05, 0.1) is 0 Å². The first-order valence-electron chi connectivity index (χ1n) is 7.68. The van der Waals surface area contributed by atoms with Crippen LogP contribution < -0.4 is 0 Å². The Hall–Kier alpha value is -1.65. The summed E-state index contributed by atoms with van der Waals surface area (Å²) < 4.78 is 0. The molecule has 0 amide bonds. The van der Waals surface area contributed by atoms with E-state index in [1.807, 2.05) is 24.3 Å². The zero-order valence-corrected chi connectivity index (χ0v) is 13.5. The Morgan fingerprint density at radius 1 is 0.762 bits per heavy atom. The summed E-state index contributed by atoms with van der Waals surface area (Å²) in [6, 6.07) is 16.6. The second-order valence-corrected chi connectivity index (χ2v) is 5.82. The molecule has 0 aliphatic rings. The number of unbranched alkanes of at least 4 members (excludes halogenated alkanes) is 3. The molecule has 0 N–H and O–H groups in total. The number of thiol groups is 1. The van der Waals surface area contributed by atoms with E-state index in [1.165, 1.54) is 37.7 Å². The minimum absolute atomic E-state index is 0.966. The molecule has 0 unspecified atom stereocenters. The molecule has 0 aliphatic heterocycles. The van der Waals surface area contributed by atoms with Crippen molar-refractivity contribution in [2.24, 2.45) is 0 Å². The molecule has 0 radical (unpaired) electrons. The third-order valence-corrected chi connectivity index (χ3v) is 3.79. The van der Waals surface area contributed by atoms with Crippen molar-refractivity contribution in [1.82, 2.24) is 0 Å². The molecular weight excluding hydrogens is 272 g/mol. The van der Waals surface area contributed by atoms with Gasteiger partial charge in [0.1, 0.15) is 0 Å². The van der Waals surface area contributed by atoms with E-state index in [1.54, 1.807) is 0 Å². The normalized spacial score (nSPS) is 10.0. The predicted octanol–water partition coefficient (Wildman–Crippen LogP) is 5.50. The number of benzene rings is 2. The van der Waals surface area contributed by atoms with Gasteiger partial charge in [-0.2, -0.15) is 0 Å². The Balaban J connectivity index is 1.92. The van der Waals surface area contributed by atoms with Crippen molar-refractivity contribution in [3.63, 3.8) is 0 Å². The van der Waals surface area contributed by atoms with Crippen LogP contribution in [-0.2, 0) is 6.42 Å². The van der Waals surface area contributed by atoms with E-state index in [0.717, 1.165) is 16.0 Å². The van der Waals surface area contributed by atoms with Crippen molar-refractivity contribution in [3.05, 3.63) is 65.2 Å². The first-order chi connectivity index (χ1) is 10.3. The van der Waals surface area contributed by atoms with Crippen LogP contribution in [0.15, 0.2) is 53.4 Å². The maximum Gasteiger partial charge on any atom is 0.0249 e. The fraction of sp³-hybridized carbons (Fsp3) is 0.300. The molecule has 2 aromatic carbocycles. The second kappa shape index (κ2) is 8.60. The highest BCUT2D eigenvalue weighted by Gasteiger charge is 1.94. The first kappa shape index (κ1) is 15.7. The van der Waals surface area contributed by atoms with Crippen LogP contribution >= 0.6 is 12.6 Å². The van der Waals surface area contributed by atoms with Crippen molar-refractivity contribution in [1.29, 1.82) is 0 Å². The van der Waals surface area contributed by atoms with Gasteiger partial charge in [0.2, 0.25) is 0 Å². The first-order valence-corrected chi connectivity index (χ1v) is 8.12. The van der Waals surface area contributed by atoms with Crippen molar-refractivity contribution in [3.8, 4) is 11.8 Å². The molecular formula is C20H22S. The third kappa shape index (κ3) is 5.69. The number of aryl methyl sites for hydroxylation is 1. The van der Waals surface area contributed by atoms with Crippen LogP contribution in [0.1, 0.15) is 49.3 Å². The molecule has 0 bridgehead atoms. The summed E-state index contributed by atoms with van der Waals surface area (Å²) in [6.45, 7) is 2.25. The minimum Gasteiger partial charge on any atom is -0.143 e. The van der Waals surface area contributed by atoms with Crippen LogP contribution in [0.4, 0.5) is 0 Å². The van der Waals surface area contributed by atoms with E-state index >= 15 is 0 Å². The van der Waals surface area contributed by atoms with E-state index in [-0.39, 0.29) is 0 Å². The maximum atomic E-state index is 4.27. The lowest BCUT2D eigenvalue weighted by atomic mass is 10.0. The smallest absolute Gasteiger partial charge is 0.0249 e. The lowest BCUT2D eigenvalue weighted by Crippen LogP contribution is -1.86. The predicted molar refractivity (Wildman–Crippen MR) is 94.0 cm³/mol. The van der Waals surface area contributed by atoms with Crippen molar-refractivity contribution < 1.29 is 0 Å². The molecule has 2 rings (SSSR count). The molecule has 108 valence electrons. The minimum atomic E-state index is 0.966. The Morgan fingerprint density at radius 3 is 1.90 bits per heavy atom. The van der Waals surface area contributed by atoms with E-state index in [2.05, 4.69) is 55.7 Å². The summed E-state index contributed by atoms with van der Waals surface area (Å²) in [5, 5.41) is 0. The summed E-state index contributed by atoms with van der Waals surface area (Å²) in [7, 11) is 0. The molecule has 0 nitrogen and oxygen atoms in total. The van der Waals surface area contributed by atoms with Gasteiger partial charge in [-0.3, -0.25) is 0 Å². The molecule has 0 aromatic heterocycles. The van der Waals surface area contributed by atoms with Crippen LogP contribution in [0.2, 0.25) is 0 Å². The Kier molecular flexibility index (Phi) is 6.44. The average molecular weight is 294 g/mol. The summed E-state index contributed by atoms with van der Waals surface area (Å²) in [5.74, 6) is 6.39. The van der Waals surface area contributed by atoms with Crippen LogP contribution in [0.5, 0.6) is 0 Å². The van der Waals surface area contributed by atoms with Gasteiger partial charge < -0.3 is 0 Å². The molecule has 0 aliphatic carbocycles. The molecule has 21 heavy (non-hydrogen) atoms. The molecule has 2 aromatic rings. The number of hydrogen-bond donors (Lipinski definition) is 1. The fourth-order valence-electron chi connectivity index (χ4n) is 2.20. The van der Waals surface area contributed by atoms with Gasteiger partial charge in [-0.05, 0) is 54.8 Å². The van der Waals surface area contributed by atoms with Gasteiger partial charge in [-0.25, -0.2) is 0 Å².